The zero-order chi connectivity index (χ0) is 14.4. The zero-order valence-corrected chi connectivity index (χ0v) is 11.9. The Morgan fingerprint density at radius 2 is 2.10 bits per heavy atom. The molecule has 2 aromatic rings. The van der Waals surface area contributed by atoms with Gasteiger partial charge in [-0.05, 0) is 25.5 Å². The van der Waals surface area contributed by atoms with Gasteiger partial charge in [-0.15, -0.1) is 0 Å². The van der Waals surface area contributed by atoms with Crippen LogP contribution in [0.2, 0.25) is 0 Å². The van der Waals surface area contributed by atoms with Crippen LogP contribution in [0.25, 0.3) is 0 Å². The molecule has 1 aromatic carbocycles. The van der Waals surface area contributed by atoms with Crippen LogP contribution in [0.5, 0.6) is 5.75 Å². The summed E-state index contributed by atoms with van der Waals surface area (Å²) < 4.78 is 5.60. The summed E-state index contributed by atoms with van der Waals surface area (Å²) >= 11 is 0. The van der Waals surface area contributed by atoms with E-state index in [2.05, 4.69) is 22.2 Å². The number of nitrogen functional groups attached to an aromatic ring is 1. The Labute approximate surface area is 119 Å². The summed E-state index contributed by atoms with van der Waals surface area (Å²) in [6.07, 6.45) is 4.47. The van der Waals surface area contributed by atoms with Gasteiger partial charge >= 0.3 is 0 Å². The van der Waals surface area contributed by atoms with Crippen LogP contribution in [0.4, 0.5) is 11.4 Å². The van der Waals surface area contributed by atoms with Crippen molar-refractivity contribution in [2.45, 2.75) is 26.8 Å². The second kappa shape index (κ2) is 6.75. The maximum absolute atomic E-state index is 6.09. The third-order valence-corrected chi connectivity index (χ3v) is 2.82. The zero-order valence-electron chi connectivity index (χ0n) is 11.9. The number of nitrogens with one attached hydrogen (secondary N) is 1. The maximum Gasteiger partial charge on any atom is 0.144 e. The molecule has 0 aliphatic carbocycles. The van der Waals surface area contributed by atoms with Crippen molar-refractivity contribution in [1.29, 1.82) is 0 Å². The van der Waals surface area contributed by atoms with Crippen LogP contribution in [0.1, 0.15) is 24.7 Å². The average molecular weight is 272 g/mol. The average Bonchev–Trinajstić information content (AvgIpc) is 2.47. The van der Waals surface area contributed by atoms with Crippen LogP contribution in [-0.4, -0.2) is 16.6 Å². The number of ether oxygens (including phenoxy) is 1. The number of hydrogen-bond donors (Lipinski definition) is 2. The first-order valence-corrected chi connectivity index (χ1v) is 6.73. The van der Waals surface area contributed by atoms with Crippen LogP contribution in [0.3, 0.4) is 0 Å². The lowest BCUT2D eigenvalue weighted by Gasteiger charge is -2.13. The Kier molecular flexibility index (Phi) is 4.76. The van der Waals surface area contributed by atoms with Crippen LogP contribution >= 0.6 is 0 Å². The Bertz CT molecular complexity index is 554. The molecule has 0 spiro atoms. The Balaban J connectivity index is 2.03. The summed E-state index contributed by atoms with van der Waals surface area (Å²) in [7, 11) is 0. The van der Waals surface area contributed by atoms with Gasteiger partial charge in [-0.25, -0.2) is 0 Å². The van der Waals surface area contributed by atoms with Crippen LogP contribution in [-0.2, 0) is 6.54 Å². The fourth-order valence-electron chi connectivity index (χ4n) is 1.73. The van der Waals surface area contributed by atoms with Gasteiger partial charge < -0.3 is 15.8 Å². The predicted octanol–water partition coefficient (Wildman–Crippen LogP) is 2.77. The summed E-state index contributed by atoms with van der Waals surface area (Å²) in [4.78, 5) is 8.51. The molecule has 106 valence electrons. The summed E-state index contributed by atoms with van der Waals surface area (Å²) in [6.45, 7) is 5.22. The second-order valence-electron chi connectivity index (χ2n) is 4.57. The highest BCUT2D eigenvalue weighted by Crippen LogP contribution is 2.29. The van der Waals surface area contributed by atoms with Crippen molar-refractivity contribution in [2.24, 2.45) is 0 Å². The molecule has 0 radical (unpaired) electrons. The molecule has 2 rings (SSSR count). The van der Waals surface area contributed by atoms with Crippen molar-refractivity contribution < 1.29 is 4.74 Å². The fraction of sp³-hybridized carbons (Fsp3) is 0.333. The standard InChI is InChI=1S/C15H20N4O/c1-3-7-20-14-6-4-5-13(15(14)16)19-10-12-9-17-11(2)8-18-12/h4-6,8-9,19H,3,7,10,16H2,1-2H3. The first-order valence-electron chi connectivity index (χ1n) is 6.73. The number of para-hydroxylation sites is 1. The SMILES string of the molecule is CCCOc1cccc(NCc2cnc(C)cn2)c1N. The van der Waals surface area contributed by atoms with Crippen molar-refractivity contribution in [1.82, 2.24) is 9.97 Å². The molecule has 1 aromatic heterocycles. The largest absolute Gasteiger partial charge is 0.491 e. The number of anilines is 2. The molecule has 5 heteroatoms. The van der Waals surface area contributed by atoms with Gasteiger partial charge in [0.2, 0.25) is 0 Å². The third kappa shape index (κ3) is 3.60. The van der Waals surface area contributed by atoms with Crippen LogP contribution in [0.15, 0.2) is 30.6 Å². The van der Waals surface area contributed by atoms with E-state index >= 15 is 0 Å². The summed E-state index contributed by atoms with van der Waals surface area (Å²) in [5.41, 5.74) is 9.34. The molecule has 5 nitrogen and oxygen atoms in total. The molecule has 0 unspecified atom stereocenters. The van der Waals surface area contributed by atoms with E-state index in [0.717, 1.165) is 23.5 Å². The molecule has 0 saturated heterocycles. The number of aromatic nitrogens is 2. The molecule has 1 heterocycles. The Hall–Kier alpha value is -2.30. The number of benzene rings is 1. The van der Waals surface area contributed by atoms with Gasteiger partial charge in [-0.3, -0.25) is 9.97 Å². The second-order valence-corrected chi connectivity index (χ2v) is 4.57. The first kappa shape index (κ1) is 14.1. The first-order chi connectivity index (χ1) is 9.70. The molecular formula is C15H20N4O. The van der Waals surface area contributed by atoms with E-state index < -0.39 is 0 Å². The van der Waals surface area contributed by atoms with E-state index in [1.54, 1.807) is 12.4 Å². The molecule has 0 amide bonds. The van der Waals surface area contributed by atoms with Crippen LogP contribution < -0.4 is 15.8 Å². The third-order valence-electron chi connectivity index (χ3n) is 2.82. The molecular weight excluding hydrogens is 252 g/mol. The van der Waals surface area contributed by atoms with E-state index in [1.807, 2.05) is 25.1 Å². The minimum atomic E-state index is 0.578. The number of nitrogens with zero attached hydrogens (tertiary/aromatic N) is 2. The Morgan fingerprint density at radius 3 is 2.80 bits per heavy atom. The predicted molar refractivity (Wildman–Crippen MR) is 80.7 cm³/mol. The topological polar surface area (TPSA) is 73.1 Å². The number of rotatable bonds is 6. The van der Waals surface area contributed by atoms with E-state index in [9.17, 15) is 0 Å². The fourth-order valence-corrected chi connectivity index (χ4v) is 1.73. The minimum absolute atomic E-state index is 0.578. The number of hydrogen-bond acceptors (Lipinski definition) is 5. The molecule has 20 heavy (non-hydrogen) atoms. The Morgan fingerprint density at radius 1 is 1.25 bits per heavy atom. The molecule has 0 atom stereocenters. The highest BCUT2D eigenvalue weighted by Gasteiger charge is 2.06. The van der Waals surface area contributed by atoms with Gasteiger partial charge in [0.15, 0.2) is 0 Å². The highest BCUT2D eigenvalue weighted by atomic mass is 16.5. The molecule has 0 aliphatic rings. The lowest BCUT2D eigenvalue weighted by Crippen LogP contribution is -2.06. The van der Waals surface area contributed by atoms with Gasteiger partial charge in [0.1, 0.15) is 5.75 Å². The van der Waals surface area contributed by atoms with Crippen molar-refractivity contribution in [3.63, 3.8) is 0 Å². The van der Waals surface area contributed by atoms with E-state index in [-0.39, 0.29) is 0 Å². The van der Waals surface area contributed by atoms with E-state index in [1.165, 1.54) is 0 Å². The van der Waals surface area contributed by atoms with Gasteiger partial charge in [0, 0.05) is 6.20 Å². The van der Waals surface area contributed by atoms with Gasteiger partial charge in [0.05, 0.1) is 42.1 Å². The van der Waals surface area contributed by atoms with Crippen molar-refractivity contribution in [2.75, 3.05) is 17.7 Å². The monoisotopic (exact) mass is 272 g/mol. The maximum atomic E-state index is 6.09. The van der Waals surface area contributed by atoms with E-state index in [4.69, 9.17) is 10.5 Å². The van der Waals surface area contributed by atoms with Gasteiger partial charge in [-0.2, -0.15) is 0 Å². The summed E-state index contributed by atoms with van der Waals surface area (Å²) in [5.74, 6) is 0.715. The number of aryl methyl sites for hydroxylation is 1. The van der Waals surface area contributed by atoms with Crippen LogP contribution in [0, 0.1) is 6.92 Å². The molecule has 0 fully saturated rings. The van der Waals surface area contributed by atoms with Gasteiger partial charge in [0.25, 0.3) is 0 Å². The van der Waals surface area contributed by atoms with Crippen molar-refractivity contribution in [3.8, 4) is 5.75 Å². The summed E-state index contributed by atoms with van der Waals surface area (Å²) in [6, 6.07) is 5.72. The smallest absolute Gasteiger partial charge is 0.144 e. The van der Waals surface area contributed by atoms with Crippen molar-refractivity contribution >= 4 is 11.4 Å². The molecule has 0 aliphatic heterocycles. The summed E-state index contributed by atoms with van der Waals surface area (Å²) in [5, 5.41) is 3.26. The lowest BCUT2D eigenvalue weighted by atomic mass is 10.2. The van der Waals surface area contributed by atoms with Crippen molar-refractivity contribution in [3.05, 3.63) is 42.0 Å². The van der Waals surface area contributed by atoms with Gasteiger partial charge in [-0.1, -0.05) is 13.0 Å². The molecule has 0 saturated carbocycles. The minimum Gasteiger partial charge on any atom is -0.491 e. The highest BCUT2D eigenvalue weighted by molar-refractivity contribution is 5.72. The van der Waals surface area contributed by atoms with E-state index in [0.29, 0.717) is 24.6 Å². The number of nitrogens with two attached hydrogens (primary N) is 1. The lowest BCUT2D eigenvalue weighted by molar-refractivity contribution is 0.319. The quantitative estimate of drug-likeness (QED) is 0.791. The molecule has 0 bridgehead atoms. The molecule has 3 N–H and O–H groups in total. The normalized spacial score (nSPS) is 10.3.